The first-order chi connectivity index (χ1) is 13.2. The van der Waals surface area contributed by atoms with Gasteiger partial charge in [0, 0.05) is 12.1 Å². The van der Waals surface area contributed by atoms with Crippen molar-refractivity contribution in [3.8, 4) is 11.5 Å². The number of anilines is 1. The number of amides is 1. The second-order valence-electron chi connectivity index (χ2n) is 5.88. The van der Waals surface area contributed by atoms with Crippen LogP contribution in [0.5, 0.6) is 11.5 Å². The highest BCUT2D eigenvalue weighted by Crippen LogP contribution is 2.28. The molecule has 3 aromatic carbocycles. The van der Waals surface area contributed by atoms with Crippen molar-refractivity contribution in [2.45, 2.75) is 6.42 Å². The van der Waals surface area contributed by atoms with Gasteiger partial charge in [-0.15, -0.1) is 0 Å². The molecule has 0 fully saturated rings. The third kappa shape index (κ3) is 5.02. The van der Waals surface area contributed by atoms with E-state index >= 15 is 0 Å². The summed E-state index contributed by atoms with van der Waals surface area (Å²) < 4.78 is 11.0. The van der Waals surface area contributed by atoms with E-state index in [0.29, 0.717) is 34.4 Å². The van der Waals surface area contributed by atoms with Gasteiger partial charge in [0.15, 0.2) is 0 Å². The number of hydrogen-bond acceptors (Lipinski definition) is 3. The molecule has 5 heteroatoms. The zero-order valence-electron chi connectivity index (χ0n) is 14.9. The van der Waals surface area contributed by atoms with Gasteiger partial charge in [-0.05, 0) is 35.9 Å². The van der Waals surface area contributed by atoms with Gasteiger partial charge < -0.3 is 14.8 Å². The van der Waals surface area contributed by atoms with E-state index in [4.69, 9.17) is 21.1 Å². The molecule has 0 saturated heterocycles. The number of carbonyl (C=O) groups excluding carboxylic acids is 1. The predicted octanol–water partition coefficient (Wildman–Crippen LogP) is 5.22. The molecule has 0 unspecified atom stereocenters. The number of ether oxygens (including phenoxy) is 2. The first-order valence-electron chi connectivity index (χ1n) is 8.58. The van der Waals surface area contributed by atoms with E-state index in [1.165, 1.54) is 5.56 Å². The quantitative estimate of drug-likeness (QED) is 0.610. The van der Waals surface area contributed by atoms with Crippen LogP contribution >= 0.6 is 11.6 Å². The number of hydrogen-bond donors (Lipinski definition) is 1. The summed E-state index contributed by atoms with van der Waals surface area (Å²) in [7, 11) is 1.54. The molecular weight excluding hydrogens is 362 g/mol. The number of benzene rings is 3. The minimum absolute atomic E-state index is 0.258. The molecule has 0 aliphatic carbocycles. The Hall–Kier alpha value is -2.98. The molecule has 0 saturated carbocycles. The number of carbonyl (C=O) groups is 1. The van der Waals surface area contributed by atoms with Crippen LogP contribution in [0.4, 0.5) is 5.69 Å². The summed E-state index contributed by atoms with van der Waals surface area (Å²) in [4.78, 5) is 12.7. The van der Waals surface area contributed by atoms with Crippen molar-refractivity contribution in [2.75, 3.05) is 19.0 Å². The Balaban J connectivity index is 1.67. The Bertz CT molecular complexity index is 912. The molecule has 0 radical (unpaired) electrons. The maximum absolute atomic E-state index is 12.7. The highest BCUT2D eigenvalue weighted by atomic mass is 35.5. The smallest absolute Gasteiger partial charge is 0.259 e. The summed E-state index contributed by atoms with van der Waals surface area (Å²) >= 11 is 6.12. The standard InChI is InChI=1S/C22H20ClNO3/c1-26-21-12-11-17(15-19(21)23)24-22(25)18-9-5-6-10-20(18)27-14-13-16-7-3-2-4-8-16/h2-12,15H,13-14H2,1H3,(H,24,25). The summed E-state index contributed by atoms with van der Waals surface area (Å²) in [6.45, 7) is 0.489. The lowest BCUT2D eigenvalue weighted by Crippen LogP contribution is -2.14. The minimum atomic E-state index is -0.258. The summed E-state index contributed by atoms with van der Waals surface area (Å²) in [5.74, 6) is 0.844. The minimum Gasteiger partial charge on any atom is -0.495 e. The first-order valence-corrected chi connectivity index (χ1v) is 8.96. The van der Waals surface area contributed by atoms with Crippen molar-refractivity contribution in [3.05, 3.63) is 88.9 Å². The average Bonchev–Trinajstić information content (AvgIpc) is 2.69. The molecule has 138 valence electrons. The van der Waals surface area contributed by atoms with Crippen molar-refractivity contribution < 1.29 is 14.3 Å². The Morgan fingerprint density at radius 2 is 1.70 bits per heavy atom. The van der Waals surface area contributed by atoms with E-state index in [1.807, 2.05) is 24.3 Å². The topological polar surface area (TPSA) is 47.6 Å². The Morgan fingerprint density at radius 3 is 2.44 bits per heavy atom. The SMILES string of the molecule is COc1ccc(NC(=O)c2ccccc2OCCc2ccccc2)cc1Cl. The Morgan fingerprint density at radius 1 is 0.963 bits per heavy atom. The molecule has 0 aliphatic heterocycles. The molecule has 4 nitrogen and oxygen atoms in total. The number of para-hydroxylation sites is 1. The molecule has 1 amide bonds. The molecule has 0 aromatic heterocycles. The maximum atomic E-state index is 12.7. The molecule has 0 heterocycles. The van der Waals surface area contributed by atoms with E-state index in [9.17, 15) is 4.79 Å². The second kappa shape index (κ2) is 9.10. The van der Waals surface area contributed by atoms with E-state index < -0.39 is 0 Å². The third-order valence-corrected chi connectivity index (χ3v) is 4.33. The van der Waals surface area contributed by atoms with Crippen molar-refractivity contribution in [2.24, 2.45) is 0 Å². The summed E-state index contributed by atoms with van der Waals surface area (Å²) in [6, 6.07) is 22.4. The van der Waals surface area contributed by atoms with Gasteiger partial charge in [-0.2, -0.15) is 0 Å². The molecule has 0 spiro atoms. The molecular formula is C22H20ClNO3. The van der Waals surface area contributed by atoms with Crippen molar-refractivity contribution in [3.63, 3.8) is 0 Å². The van der Waals surface area contributed by atoms with Crippen molar-refractivity contribution >= 4 is 23.2 Å². The summed E-state index contributed by atoms with van der Waals surface area (Å²) in [6.07, 6.45) is 0.769. The van der Waals surface area contributed by atoms with E-state index in [1.54, 1.807) is 43.5 Å². The van der Waals surface area contributed by atoms with Gasteiger partial charge in [-0.1, -0.05) is 54.1 Å². The fourth-order valence-electron chi connectivity index (χ4n) is 2.65. The van der Waals surface area contributed by atoms with E-state index in [0.717, 1.165) is 6.42 Å². The first kappa shape index (κ1) is 18.8. The highest BCUT2D eigenvalue weighted by molar-refractivity contribution is 6.32. The zero-order chi connectivity index (χ0) is 19.1. The lowest BCUT2D eigenvalue weighted by atomic mass is 10.1. The Labute approximate surface area is 163 Å². The molecule has 3 rings (SSSR count). The van der Waals surface area contributed by atoms with Crippen LogP contribution in [0.25, 0.3) is 0 Å². The molecule has 27 heavy (non-hydrogen) atoms. The van der Waals surface area contributed by atoms with Gasteiger partial charge in [0.1, 0.15) is 11.5 Å². The van der Waals surface area contributed by atoms with E-state index in [2.05, 4.69) is 17.4 Å². The molecule has 0 atom stereocenters. The van der Waals surface area contributed by atoms with Crippen LogP contribution < -0.4 is 14.8 Å². The fraction of sp³-hybridized carbons (Fsp3) is 0.136. The van der Waals surface area contributed by atoms with Gasteiger partial charge in [-0.3, -0.25) is 4.79 Å². The van der Waals surface area contributed by atoms with Crippen LogP contribution in [0.1, 0.15) is 15.9 Å². The normalized spacial score (nSPS) is 10.3. The van der Waals surface area contributed by atoms with Gasteiger partial charge in [0.05, 0.1) is 24.3 Å². The molecule has 0 bridgehead atoms. The molecule has 0 aliphatic rings. The number of methoxy groups -OCH3 is 1. The number of nitrogens with one attached hydrogen (secondary N) is 1. The van der Waals surface area contributed by atoms with Crippen LogP contribution in [0.3, 0.4) is 0 Å². The predicted molar refractivity (Wildman–Crippen MR) is 108 cm³/mol. The lowest BCUT2D eigenvalue weighted by Gasteiger charge is -2.12. The Kier molecular flexibility index (Phi) is 6.34. The third-order valence-electron chi connectivity index (χ3n) is 4.03. The van der Waals surface area contributed by atoms with Crippen LogP contribution in [-0.2, 0) is 6.42 Å². The number of rotatable bonds is 7. The second-order valence-corrected chi connectivity index (χ2v) is 6.29. The van der Waals surface area contributed by atoms with Gasteiger partial charge in [0.2, 0.25) is 0 Å². The summed E-state index contributed by atoms with van der Waals surface area (Å²) in [5, 5.41) is 3.27. The maximum Gasteiger partial charge on any atom is 0.259 e. The lowest BCUT2D eigenvalue weighted by molar-refractivity contribution is 0.102. The van der Waals surface area contributed by atoms with Gasteiger partial charge >= 0.3 is 0 Å². The van der Waals surface area contributed by atoms with Crippen LogP contribution in [0.15, 0.2) is 72.8 Å². The largest absolute Gasteiger partial charge is 0.495 e. The van der Waals surface area contributed by atoms with Gasteiger partial charge in [-0.25, -0.2) is 0 Å². The monoisotopic (exact) mass is 381 g/mol. The van der Waals surface area contributed by atoms with Crippen molar-refractivity contribution in [1.29, 1.82) is 0 Å². The molecule has 3 aromatic rings. The van der Waals surface area contributed by atoms with Crippen LogP contribution in [0, 0.1) is 0 Å². The number of halogens is 1. The van der Waals surface area contributed by atoms with Crippen LogP contribution in [-0.4, -0.2) is 19.6 Å². The highest BCUT2D eigenvalue weighted by Gasteiger charge is 2.13. The van der Waals surface area contributed by atoms with Gasteiger partial charge in [0.25, 0.3) is 5.91 Å². The zero-order valence-corrected chi connectivity index (χ0v) is 15.7. The summed E-state index contributed by atoms with van der Waals surface area (Å²) in [5.41, 5.74) is 2.25. The average molecular weight is 382 g/mol. The fourth-order valence-corrected chi connectivity index (χ4v) is 2.90. The van der Waals surface area contributed by atoms with Crippen molar-refractivity contribution in [1.82, 2.24) is 0 Å². The van der Waals surface area contributed by atoms with E-state index in [-0.39, 0.29) is 5.91 Å². The van der Waals surface area contributed by atoms with Crippen LogP contribution in [0.2, 0.25) is 5.02 Å². The molecule has 1 N–H and O–H groups in total.